The van der Waals surface area contributed by atoms with Crippen molar-refractivity contribution < 1.29 is 30.0 Å². The first-order valence-corrected chi connectivity index (χ1v) is 11.7. The molecule has 10 heteroatoms. The van der Waals surface area contributed by atoms with Gasteiger partial charge in [0.2, 0.25) is 0 Å². The Morgan fingerprint density at radius 1 is 0.773 bits per heavy atom. The molecule has 0 atom stereocenters. The van der Waals surface area contributed by atoms with Crippen LogP contribution in [0, 0.1) is 0 Å². The zero-order valence-corrected chi connectivity index (χ0v) is 17.2. The molecular weight excluding hydrogens is 397 g/mol. The van der Waals surface area contributed by atoms with Gasteiger partial charge in [-0.1, -0.05) is 0 Å². The maximum absolute atomic E-state index is 13.2. The van der Waals surface area contributed by atoms with Crippen molar-refractivity contribution in [1.29, 1.82) is 0 Å². The predicted octanol–water partition coefficient (Wildman–Crippen LogP) is 3.60. The first kappa shape index (κ1) is 28.1. The number of hydrogen-bond acceptors (Lipinski definition) is 3. The SMILES string of the molecule is Cl.Cl.Cl.[CH3][Ti]([CH3])([N]1CCCNCCCNCCC1)[C](F)(F)F. The monoisotopic (exact) mass is 425 g/mol. The summed E-state index contributed by atoms with van der Waals surface area (Å²) in [5.41, 5.74) is 0. The standard InChI is InChI=1S/C9H20N3.CF3.2CH3.3ClH.Ti/c1-4-10-6-2-8-12-9-3-7-11-5-1;2-1(3)4;;;;;;/h10-11H,1-9H2;;2*1H3;3*1H;/q-1;;;;;;;+1. The van der Waals surface area contributed by atoms with Crippen molar-refractivity contribution in [3.05, 3.63) is 0 Å². The summed E-state index contributed by atoms with van der Waals surface area (Å²) in [6.07, 6.45) is 2.69. The van der Waals surface area contributed by atoms with Crippen LogP contribution in [-0.2, 0) is 16.8 Å². The Labute approximate surface area is 154 Å². The van der Waals surface area contributed by atoms with Crippen molar-refractivity contribution in [2.75, 3.05) is 39.3 Å². The van der Waals surface area contributed by atoms with Gasteiger partial charge in [0.05, 0.1) is 0 Å². The zero-order valence-electron chi connectivity index (χ0n) is 13.2. The Kier molecular flexibility index (Phi) is 17.3. The number of hydrogen-bond donors (Lipinski definition) is 2. The van der Waals surface area contributed by atoms with E-state index in [1.807, 2.05) is 0 Å². The van der Waals surface area contributed by atoms with E-state index in [9.17, 15) is 13.2 Å². The summed E-state index contributed by atoms with van der Waals surface area (Å²) >= 11 is -3.91. The molecule has 0 saturated carbocycles. The van der Waals surface area contributed by atoms with Crippen molar-refractivity contribution >= 4 is 37.2 Å². The van der Waals surface area contributed by atoms with Crippen LogP contribution >= 0.6 is 37.2 Å². The van der Waals surface area contributed by atoms with Gasteiger partial charge < -0.3 is 0 Å². The van der Waals surface area contributed by atoms with Crippen LogP contribution in [0.1, 0.15) is 19.3 Å². The maximum atomic E-state index is 13.2. The molecule has 0 unspecified atom stereocenters. The number of nitrogens with zero attached hydrogens (tertiary/aromatic N) is 1. The molecule has 0 spiro atoms. The molecule has 0 aromatic carbocycles. The molecule has 0 amide bonds. The van der Waals surface area contributed by atoms with Crippen LogP contribution in [0.5, 0.6) is 0 Å². The van der Waals surface area contributed by atoms with Crippen molar-refractivity contribution in [3.63, 3.8) is 0 Å². The molecule has 0 radical (unpaired) electrons. The summed E-state index contributed by atoms with van der Waals surface area (Å²) in [5, 5.41) is 9.50. The summed E-state index contributed by atoms with van der Waals surface area (Å²) < 4.78 is 37.3. The third kappa shape index (κ3) is 9.53. The molecule has 2 N–H and O–H groups in total. The van der Waals surface area contributed by atoms with Gasteiger partial charge in [0.1, 0.15) is 0 Å². The van der Waals surface area contributed by atoms with Crippen LogP contribution in [0.2, 0.25) is 10.5 Å². The Morgan fingerprint density at radius 2 is 1.14 bits per heavy atom. The van der Waals surface area contributed by atoms with E-state index in [4.69, 9.17) is 0 Å². The molecule has 138 valence electrons. The molecule has 1 rings (SSSR count). The molecule has 3 nitrogen and oxygen atoms in total. The third-order valence-corrected chi connectivity index (χ3v) is 9.09. The van der Waals surface area contributed by atoms with E-state index in [2.05, 4.69) is 10.6 Å². The van der Waals surface area contributed by atoms with E-state index >= 15 is 0 Å². The molecule has 0 bridgehead atoms. The van der Waals surface area contributed by atoms with Crippen molar-refractivity contribution in [2.24, 2.45) is 0 Å². The summed E-state index contributed by atoms with van der Waals surface area (Å²) in [6, 6.07) is 0. The van der Waals surface area contributed by atoms with Crippen molar-refractivity contribution in [3.8, 4) is 0 Å². The molecule has 0 aromatic heterocycles. The Bertz CT molecular complexity index is 260. The van der Waals surface area contributed by atoms with E-state index in [-0.39, 0.29) is 37.2 Å². The molecule has 1 saturated heterocycles. The number of alkyl halides is 3. The normalized spacial score (nSPS) is 19.5. The topological polar surface area (TPSA) is 27.3 Å². The molecular formula is C12H29Cl3F3N3Ti. The Morgan fingerprint density at radius 3 is 1.50 bits per heavy atom. The average molecular weight is 427 g/mol. The quantitative estimate of drug-likeness (QED) is 0.628. The first-order valence-electron chi connectivity index (χ1n) is 7.09. The number of nitrogens with one attached hydrogen (secondary N) is 2. The van der Waals surface area contributed by atoms with Crippen LogP contribution in [0.4, 0.5) is 13.2 Å². The van der Waals surface area contributed by atoms with Gasteiger partial charge in [0.15, 0.2) is 0 Å². The van der Waals surface area contributed by atoms with Gasteiger partial charge in [-0.2, -0.15) is 0 Å². The second-order valence-corrected chi connectivity index (χ2v) is 12.3. The van der Waals surface area contributed by atoms with Crippen LogP contribution in [0.15, 0.2) is 0 Å². The van der Waals surface area contributed by atoms with Crippen LogP contribution in [0.3, 0.4) is 0 Å². The fraction of sp³-hybridized carbons (Fsp3) is 1.00. The van der Waals surface area contributed by atoms with Crippen molar-refractivity contribution in [1.82, 2.24) is 14.0 Å². The van der Waals surface area contributed by atoms with Gasteiger partial charge in [-0.05, 0) is 0 Å². The minimum atomic E-state index is -4.00. The first-order chi connectivity index (χ1) is 8.86. The number of rotatable bonds is 1. The van der Waals surface area contributed by atoms with E-state index in [0.717, 1.165) is 45.4 Å². The van der Waals surface area contributed by atoms with Gasteiger partial charge in [0, 0.05) is 0 Å². The van der Waals surface area contributed by atoms with Crippen LogP contribution < -0.4 is 10.6 Å². The average Bonchev–Trinajstić information content (AvgIpc) is 2.27. The summed E-state index contributed by atoms with van der Waals surface area (Å²) in [6.45, 7) is 4.65. The van der Waals surface area contributed by atoms with Crippen molar-refractivity contribution in [2.45, 2.75) is 34.2 Å². The molecule has 0 aromatic rings. The van der Waals surface area contributed by atoms with Crippen LogP contribution in [0.25, 0.3) is 0 Å². The van der Waals surface area contributed by atoms with Gasteiger partial charge >= 0.3 is 118 Å². The number of halogens is 6. The Hall–Kier alpha value is 1.25. The molecule has 1 aliphatic rings. The molecule has 1 heterocycles. The van der Waals surface area contributed by atoms with Gasteiger partial charge in [-0.3, -0.25) is 0 Å². The van der Waals surface area contributed by atoms with E-state index in [1.165, 1.54) is 10.5 Å². The summed E-state index contributed by atoms with van der Waals surface area (Å²) in [7, 11) is 0. The van der Waals surface area contributed by atoms with Gasteiger partial charge in [-0.25, -0.2) is 0 Å². The van der Waals surface area contributed by atoms with E-state index < -0.39 is 21.3 Å². The zero-order chi connectivity index (χ0) is 14.4. The second kappa shape index (κ2) is 13.5. The second-order valence-electron chi connectivity index (χ2n) is 5.60. The van der Waals surface area contributed by atoms with Gasteiger partial charge in [-0.15, -0.1) is 37.2 Å². The minimum absolute atomic E-state index is 0. The Balaban J connectivity index is -0.00000120. The molecule has 1 aliphatic heterocycles. The third-order valence-electron chi connectivity index (χ3n) is 3.75. The van der Waals surface area contributed by atoms with E-state index in [1.54, 1.807) is 3.38 Å². The van der Waals surface area contributed by atoms with Gasteiger partial charge in [0.25, 0.3) is 0 Å². The van der Waals surface area contributed by atoms with E-state index in [0.29, 0.717) is 13.1 Å². The molecule has 1 fully saturated rings. The fourth-order valence-corrected chi connectivity index (χ4v) is 5.03. The predicted molar refractivity (Wildman–Crippen MR) is 90.7 cm³/mol. The summed E-state index contributed by atoms with van der Waals surface area (Å²) in [5.74, 6) is 0. The summed E-state index contributed by atoms with van der Waals surface area (Å²) in [4.78, 5) is 0. The van der Waals surface area contributed by atoms with Crippen LogP contribution in [-0.4, -0.2) is 47.1 Å². The fourth-order valence-electron chi connectivity index (χ4n) is 2.23. The molecule has 22 heavy (non-hydrogen) atoms. The molecule has 0 aliphatic carbocycles.